The van der Waals surface area contributed by atoms with Crippen molar-refractivity contribution in [3.63, 3.8) is 0 Å². The minimum absolute atomic E-state index is 0.0997. The number of hydrogen-bond donors (Lipinski definition) is 0. The molecular weight excluding hydrogens is 220 g/mol. The highest BCUT2D eigenvalue weighted by Crippen LogP contribution is 2.43. The summed E-state index contributed by atoms with van der Waals surface area (Å²) in [4.78, 5) is 13.5. The number of carbonyl (C=O) groups is 1. The van der Waals surface area contributed by atoms with Crippen LogP contribution < -0.4 is 4.90 Å². The molecule has 2 heterocycles. The van der Waals surface area contributed by atoms with E-state index in [0.29, 0.717) is 17.7 Å². The fourth-order valence-electron chi connectivity index (χ4n) is 1.91. The highest BCUT2D eigenvalue weighted by atomic mass is 32.2. The third kappa shape index (κ3) is 1.19. The average molecular weight is 227 g/mol. The Hall–Kier alpha value is -1.10. The number of carbonyl (C=O) groups excluding carboxylic acids is 1. The van der Waals surface area contributed by atoms with Crippen molar-refractivity contribution in [3.8, 4) is 0 Å². The molecule has 0 amide bonds. The van der Waals surface area contributed by atoms with Gasteiger partial charge in [0.05, 0.1) is 16.9 Å². The largest absolute Gasteiger partial charge is 0.349 e. The van der Waals surface area contributed by atoms with E-state index in [1.165, 1.54) is 0 Å². The second-order valence-corrected chi connectivity index (χ2v) is 4.77. The summed E-state index contributed by atoms with van der Waals surface area (Å²) in [6.45, 7) is 0. The van der Waals surface area contributed by atoms with Crippen LogP contribution in [0.3, 0.4) is 0 Å². The molecule has 5 heteroatoms. The maximum atomic E-state index is 13.0. The van der Waals surface area contributed by atoms with E-state index >= 15 is 0 Å². The standard InChI is InChI=1S/C10H7F2NOS/c11-6-1-5-8(2-7(6)12)13-4-15-10(13)3-9(5)14/h1-2,10H,3-4H2. The normalized spacial score (nSPS) is 23.2. The van der Waals surface area contributed by atoms with Crippen molar-refractivity contribution in [1.82, 2.24) is 0 Å². The second-order valence-electron chi connectivity index (χ2n) is 3.63. The predicted octanol–water partition coefficient (Wildman–Crippen LogP) is 2.39. The topological polar surface area (TPSA) is 20.3 Å². The van der Waals surface area contributed by atoms with Crippen LogP contribution >= 0.6 is 11.8 Å². The monoisotopic (exact) mass is 227 g/mol. The Kier molecular flexibility index (Phi) is 1.80. The van der Waals surface area contributed by atoms with Gasteiger partial charge in [0.2, 0.25) is 0 Å². The van der Waals surface area contributed by atoms with Gasteiger partial charge in [-0.3, -0.25) is 4.79 Å². The lowest BCUT2D eigenvalue weighted by Crippen LogP contribution is -2.47. The van der Waals surface area contributed by atoms with Crippen molar-refractivity contribution < 1.29 is 13.6 Å². The summed E-state index contributed by atoms with van der Waals surface area (Å²) in [7, 11) is 0. The smallest absolute Gasteiger partial charge is 0.167 e. The summed E-state index contributed by atoms with van der Waals surface area (Å²) in [5.41, 5.74) is 0.847. The summed E-state index contributed by atoms with van der Waals surface area (Å²) in [6, 6.07) is 2.13. The van der Waals surface area contributed by atoms with E-state index in [2.05, 4.69) is 0 Å². The fraction of sp³-hybridized carbons (Fsp3) is 0.300. The minimum atomic E-state index is -0.950. The number of thioether (sulfide) groups is 1. The van der Waals surface area contributed by atoms with Crippen LogP contribution in [-0.4, -0.2) is 17.0 Å². The molecule has 0 aliphatic carbocycles. The SMILES string of the molecule is O=C1CC2SCN2c2cc(F)c(F)cc21. The number of anilines is 1. The molecule has 1 unspecified atom stereocenters. The molecule has 0 N–H and O–H groups in total. The van der Waals surface area contributed by atoms with Crippen molar-refractivity contribution in [2.75, 3.05) is 10.8 Å². The Balaban J connectivity index is 2.18. The van der Waals surface area contributed by atoms with Gasteiger partial charge in [0, 0.05) is 18.1 Å². The van der Waals surface area contributed by atoms with E-state index in [-0.39, 0.29) is 11.2 Å². The number of fused-ring (bicyclic) bond motifs is 3. The molecule has 1 aromatic rings. The zero-order chi connectivity index (χ0) is 10.6. The molecule has 78 valence electrons. The van der Waals surface area contributed by atoms with Crippen LogP contribution in [0, 0.1) is 11.6 Å². The van der Waals surface area contributed by atoms with Crippen molar-refractivity contribution in [3.05, 3.63) is 29.3 Å². The Morgan fingerprint density at radius 2 is 2.07 bits per heavy atom. The average Bonchev–Trinajstić information content (AvgIpc) is 2.15. The Labute approximate surface area is 89.3 Å². The lowest BCUT2D eigenvalue weighted by Gasteiger charge is -2.45. The van der Waals surface area contributed by atoms with Gasteiger partial charge < -0.3 is 4.90 Å². The van der Waals surface area contributed by atoms with Crippen LogP contribution in [0.4, 0.5) is 14.5 Å². The second kappa shape index (κ2) is 2.95. The Morgan fingerprint density at radius 3 is 2.73 bits per heavy atom. The van der Waals surface area contributed by atoms with Crippen molar-refractivity contribution in [2.24, 2.45) is 0 Å². The molecule has 3 rings (SSSR count). The highest BCUT2D eigenvalue weighted by molar-refractivity contribution is 8.01. The maximum absolute atomic E-state index is 13.0. The molecule has 15 heavy (non-hydrogen) atoms. The van der Waals surface area contributed by atoms with Crippen molar-refractivity contribution in [2.45, 2.75) is 11.8 Å². The van der Waals surface area contributed by atoms with E-state index in [1.807, 2.05) is 4.90 Å². The molecule has 0 saturated carbocycles. The van der Waals surface area contributed by atoms with E-state index in [4.69, 9.17) is 0 Å². The number of nitrogens with zero attached hydrogens (tertiary/aromatic N) is 1. The maximum Gasteiger partial charge on any atom is 0.167 e. The zero-order valence-corrected chi connectivity index (χ0v) is 8.48. The van der Waals surface area contributed by atoms with Crippen molar-refractivity contribution >= 4 is 23.2 Å². The first-order chi connectivity index (χ1) is 7.16. The van der Waals surface area contributed by atoms with Gasteiger partial charge in [-0.15, -0.1) is 11.8 Å². The van der Waals surface area contributed by atoms with Gasteiger partial charge in [0.15, 0.2) is 17.4 Å². The first kappa shape index (κ1) is 9.15. The third-order valence-electron chi connectivity index (χ3n) is 2.76. The number of halogens is 2. The summed E-state index contributed by atoms with van der Waals surface area (Å²) in [5, 5.41) is 0.120. The first-order valence-electron chi connectivity index (χ1n) is 4.57. The summed E-state index contributed by atoms with van der Waals surface area (Å²) < 4.78 is 26.0. The van der Waals surface area contributed by atoms with Gasteiger partial charge >= 0.3 is 0 Å². The van der Waals surface area contributed by atoms with Crippen molar-refractivity contribution in [1.29, 1.82) is 0 Å². The molecule has 0 radical (unpaired) electrons. The van der Waals surface area contributed by atoms with Crippen LogP contribution in [0.15, 0.2) is 12.1 Å². The number of Topliss-reactive ketones (excluding diaryl/α,β-unsaturated/α-hetero) is 1. The third-order valence-corrected chi connectivity index (χ3v) is 4.00. The number of rotatable bonds is 0. The summed E-state index contributed by atoms with van der Waals surface area (Å²) >= 11 is 1.66. The zero-order valence-electron chi connectivity index (χ0n) is 7.67. The van der Waals surface area contributed by atoms with Crippen LogP contribution in [0.1, 0.15) is 16.8 Å². The lowest BCUT2D eigenvalue weighted by molar-refractivity contribution is 0.0975. The molecule has 1 fully saturated rings. The van der Waals surface area contributed by atoms with E-state index < -0.39 is 11.6 Å². The quantitative estimate of drug-likeness (QED) is 0.678. The predicted molar refractivity (Wildman–Crippen MR) is 54.0 cm³/mol. The highest BCUT2D eigenvalue weighted by Gasteiger charge is 2.38. The molecule has 1 aromatic carbocycles. The molecule has 2 nitrogen and oxygen atoms in total. The van der Waals surface area contributed by atoms with E-state index in [9.17, 15) is 13.6 Å². The molecule has 2 aliphatic rings. The van der Waals surface area contributed by atoms with Gasteiger partial charge in [-0.1, -0.05) is 0 Å². The van der Waals surface area contributed by atoms with Gasteiger partial charge in [-0.2, -0.15) is 0 Å². The van der Waals surface area contributed by atoms with Gasteiger partial charge in [0.25, 0.3) is 0 Å². The first-order valence-corrected chi connectivity index (χ1v) is 5.62. The summed E-state index contributed by atoms with van der Waals surface area (Å²) in [5.74, 6) is -1.19. The molecule has 1 saturated heterocycles. The van der Waals surface area contributed by atoms with Crippen LogP contribution in [0.25, 0.3) is 0 Å². The van der Waals surface area contributed by atoms with Gasteiger partial charge in [0.1, 0.15) is 0 Å². The fourth-order valence-corrected chi connectivity index (χ4v) is 2.94. The van der Waals surface area contributed by atoms with Gasteiger partial charge in [-0.05, 0) is 6.07 Å². The van der Waals surface area contributed by atoms with Crippen LogP contribution in [-0.2, 0) is 0 Å². The number of hydrogen-bond acceptors (Lipinski definition) is 3. The van der Waals surface area contributed by atoms with Crippen LogP contribution in [0.5, 0.6) is 0 Å². The molecular formula is C10H7F2NOS. The van der Waals surface area contributed by atoms with Crippen LogP contribution in [0.2, 0.25) is 0 Å². The van der Waals surface area contributed by atoms with Gasteiger partial charge in [-0.25, -0.2) is 8.78 Å². The summed E-state index contributed by atoms with van der Waals surface area (Å²) in [6.07, 6.45) is 0.392. The molecule has 1 atom stereocenters. The molecule has 0 aromatic heterocycles. The molecule has 0 bridgehead atoms. The number of ketones is 1. The molecule has 0 spiro atoms. The Morgan fingerprint density at radius 1 is 1.33 bits per heavy atom. The molecule has 2 aliphatic heterocycles. The lowest BCUT2D eigenvalue weighted by atomic mass is 10.00. The van der Waals surface area contributed by atoms with E-state index in [1.54, 1.807) is 11.8 Å². The van der Waals surface area contributed by atoms with E-state index in [0.717, 1.165) is 18.0 Å². The Bertz CT molecular complexity index is 463. The number of benzene rings is 1. The minimum Gasteiger partial charge on any atom is -0.349 e.